The first-order valence-corrected chi connectivity index (χ1v) is 8.90. The molecule has 4 nitrogen and oxygen atoms in total. The van der Waals surface area contributed by atoms with E-state index in [1.807, 2.05) is 24.3 Å². The molecule has 0 aliphatic carbocycles. The molecule has 0 radical (unpaired) electrons. The zero-order valence-corrected chi connectivity index (χ0v) is 14.5. The van der Waals surface area contributed by atoms with Crippen LogP contribution < -0.4 is 0 Å². The summed E-state index contributed by atoms with van der Waals surface area (Å²) in [5, 5.41) is 0. The maximum atomic E-state index is 5.40. The molecule has 0 amide bonds. The lowest BCUT2D eigenvalue weighted by molar-refractivity contribution is -0.00116. The maximum Gasteiger partial charge on any atom is 0.177 e. The summed E-state index contributed by atoms with van der Waals surface area (Å²) in [6, 6.07) is 16.9. The molecule has 26 heavy (non-hydrogen) atoms. The van der Waals surface area contributed by atoms with Crippen molar-refractivity contribution in [1.82, 2.24) is 0 Å². The maximum absolute atomic E-state index is 5.40. The zero-order chi connectivity index (χ0) is 17.6. The average Bonchev–Trinajstić information content (AvgIpc) is 3.40. The Kier molecular flexibility index (Phi) is 5.57. The normalized spacial score (nSPS) is 19.2. The molecule has 2 aliphatic heterocycles. The van der Waals surface area contributed by atoms with Crippen molar-refractivity contribution in [2.75, 3.05) is 26.4 Å². The number of hydrogen-bond acceptors (Lipinski definition) is 4. The molecule has 4 rings (SSSR count). The van der Waals surface area contributed by atoms with Crippen LogP contribution in [0.15, 0.2) is 60.7 Å². The summed E-state index contributed by atoms with van der Waals surface area (Å²) in [5.41, 5.74) is 4.63. The topological polar surface area (TPSA) is 36.9 Å². The minimum absolute atomic E-state index is 0.213. The smallest absolute Gasteiger partial charge is 0.177 e. The van der Waals surface area contributed by atoms with Gasteiger partial charge in [-0.3, -0.25) is 0 Å². The van der Waals surface area contributed by atoms with E-state index in [0.29, 0.717) is 26.4 Å². The first-order chi connectivity index (χ1) is 12.9. The van der Waals surface area contributed by atoms with Crippen LogP contribution in [0.5, 0.6) is 0 Å². The van der Waals surface area contributed by atoms with E-state index < -0.39 is 0 Å². The van der Waals surface area contributed by atoms with Gasteiger partial charge in [0, 0.05) is 0 Å². The monoisotopic (exact) mass is 350 g/mol. The van der Waals surface area contributed by atoms with Gasteiger partial charge < -0.3 is 18.9 Å². The molecule has 2 heterocycles. The Hall–Kier alpha value is -2.24. The summed E-state index contributed by atoms with van der Waals surface area (Å²) in [6.07, 6.45) is 7.52. The molecule has 0 spiro atoms. The van der Waals surface area contributed by atoms with E-state index in [1.54, 1.807) is 0 Å². The van der Waals surface area contributed by atoms with Crippen LogP contribution >= 0.6 is 0 Å². The summed E-state index contributed by atoms with van der Waals surface area (Å²) < 4.78 is 21.6. The number of rotatable bonds is 5. The van der Waals surface area contributed by atoms with Gasteiger partial charge in [-0.2, -0.15) is 0 Å². The van der Waals surface area contributed by atoms with Crippen molar-refractivity contribution in [2.24, 2.45) is 0 Å². The van der Waals surface area contributed by atoms with Gasteiger partial charge in [-0.05, 0) is 34.4 Å². The van der Waals surface area contributed by atoms with E-state index >= 15 is 0 Å². The fourth-order valence-electron chi connectivity index (χ4n) is 2.93. The predicted molar refractivity (Wildman–Crippen MR) is 101 cm³/mol. The Morgan fingerprint density at radius 3 is 1.23 bits per heavy atom. The second-order valence-corrected chi connectivity index (χ2v) is 6.18. The van der Waals surface area contributed by atoms with Gasteiger partial charge in [0.05, 0.1) is 26.4 Å². The SMILES string of the molecule is C(=C\C1OCCO1)/c1ccc(-c2ccc(/C=C/C3OCCO3)cc2)cc1. The Labute approximate surface area is 153 Å². The Morgan fingerprint density at radius 2 is 0.885 bits per heavy atom. The molecule has 134 valence electrons. The van der Waals surface area contributed by atoms with E-state index in [-0.39, 0.29) is 12.6 Å². The molecule has 0 saturated carbocycles. The highest BCUT2D eigenvalue weighted by Gasteiger charge is 2.12. The molecule has 4 heteroatoms. The molecular weight excluding hydrogens is 328 g/mol. The van der Waals surface area contributed by atoms with Crippen LogP contribution in [0.4, 0.5) is 0 Å². The van der Waals surface area contributed by atoms with Crippen LogP contribution in [0.2, 0.25) is 0 Å². The second kappa shape index (κ2) is 8.43. The highest BCUT2D eigenvalue weighted by atomic mass is 16.7. The summed E-state index contributed by atoms with van der Waals surface area (Å²) in [4.78, 5) is 0. The Balaban J connectivity index is 1.38. The molecule has 0 bridgehead atoms. The van der Waals surface area contributed by atoms with Crippen molar-refractivity contribution >= 4 is 12.2 Å². The number of benzene rings is 2. The fourth-order valence-corrected chi connectivity index (χ4v) is 2.93. The van der Waals surface area contributed by atoms with Crippen LogP contribution in [-0.2, 0) is 18.9 Å². The standard InChI is InChI=1S/C22H22O4/c1-7-19(8-2-17(1)5-11-21-23-13-14-24-21)20-9-3-18(4-10-20)6-12-22-25-15-16-26-22/h1-12,21-22H,13-16H2/b11-5+,12-6+. The van der Waals surface area contributed by atoms with Gasteiger partial charge in [0.2, 0.25) is 0 Å². The van der Waals surface area contributed by atoms with Crippen molar-refractivity contribution in [3.05, 3.63) is 71.8 Å². The molecule has 2 aromatic rings. The van der Waals surface area contributed by atoms with Crippen molar-refractivity contribution in [3.8, 4) is 11.1 Å². The van der Waals surface area contributed by atoms with E-state index in [9.17, 15) is 0 Å². The van der Waals surface area contributed by atoms with Crippen LogP contribution in [0.3, 0.4) is 0 Å². The highest BCUT2D eigenvalue weighted by Crippen LogP contribution is 2.22. The third-order valence-electron chi connectivity index (χ3n) is 4.34. The average molecular weight is 350 g/mol. The highest BCUT2D eigenvalue weighted by molar-refractivity contribution is 5.67. The molecule has 2 fully saturated rings. The van der Waals surface area contributed by atoms with Gasteiger partial charge >= 0.3 is 0 Å². The van der Waals surface area contributed by atoms with Gasteiger partial charge in [0.25, 0.3) is 0 Å². The minimum Gasteiger partial charge on any atom is -0.347 e. The first-order valence-electron chi connectivity index (χ1n) is 8.90. The van der Waals surface area contributed by atoms with Crippen molar-refractivity contribution in [2.45, 2.75) is 12.6 Å². The number of hydrogen-bond donors (Lipinski definition) is 0. The van der Waals surface area contributed by atoms with Crippen molar-refractivity contribution in [1.29, 1.82) is 0 Å². The quantitative estimate of drug-likeness (QED) is 0.813. The molecule has 0 aromatic heterocycles. The third-order valence-corrected chi connectivity index (χ3v) is 4.34. The van der Waals surface area contributed by atoms with Gasteiger partial charge in [-0.1, -0.05) is 60.7 Å². The largest absolute Gasteiger partial charge is 0.347 e. The van der Waals surface area contributed by atoms with E-state index in [4.69, 9.17) is 18.9 Å². The molecule has 0 N–H and O–H groups in total. The lowest BCUT2D eigenvalue weighted by atomic mass is 10.0. The lowest BCUT2D eigenvalue weighted by Gasteiger charge is -2.05. The molecular formula is C22H22O4. The number of ether oxygens (including phenoxy) is 4. The van der Waals surface area contributed by atoms with Crippen LogP contribution in [0, 0.1) is 0 Å². The van der Waals surface area contributed by atoms with Gasteiger partial charge in [-0.25, -0.2) is 0 Å². The van der Waals surface area contributed by atoms with Crippen molar-refractivity contribution in [3.63, 3.8) is 0 Å². The fraction of sp³-hybridized carbons (Fsp3) is 0.273. The van der Waals surface area contributed by atoms with E-state index in [1.165, 1.54) is 11.1 Å². The second-order valence-electron chi connectivity index (χ2n) is 6.18. The summed E-state index contributed by atoms with van der Waals surface area (Å²) in [5.74, 6) is 0. The lowest BCUT2D eigenvalue weighted by Crippen LogP contribution is -2.01. The van der Waals surface area contributed by atoms with E-state index in [2.05, 4.69) is 48.5 Å². The van der Waals surface area contributed by atoms with Gasteiger partial charge in [0.15, 0.2) is 12.6 Å². The van der Waals surface area contributed by atoms with Gasteiger partial charge in [0.1, 0.15) is 0 Å². The molecule has 0 atom stereocenters. The minimum atomic E-state index is -0.213. The summed E-state index contributed by atoms with van der Waals surface area (Å²) >= 11 is 0. The first kappa shape index (κ1) is 17.2. The van der Waals surface area contributed by atoms with E-state index in [0.717, 1.165) is 11.1 Å². The Morgan fingerprint density at radius 1 is 0.538 bits per heavy atom. The zero-order valence-electron chi connectivity index (χ0n) is 14.5. The van der Waals surface area contributed by atoms with Gasteiger partial charge in [-0.15, -0.1) is 0 Å². The molecule has 2 aliphatic rings. The Bertz CT molecular complexity index is 682. The van der Waals surface area contributed by atoms with Crippen LogP contribution in [0.1, 0.15) is 11.1 Å². The molecule has 2 aromatic carbocycles. The van der Waals surface area contributed by atoms with Crippen molar-refractivity contribution < 1.29 is 18.9 Å². The third kappa shape index (κ3) is 4.48. The molecule has 0 unspecified atom stereocenters. The molecule has 2 saturated heterocycles. The van der Waals surface area contributed by atoms with Crippen LogP contribution in [0.25, 0.3) is 23.3 Å². The predicted octanol–water partition coefficient (Wildman–Crippen LogP) is 4.13. The summed E-state index contributed by atoms with van der Waals surface area (Å²) in [7, 11) is 0. The summed E-state index contributed by atoms with van der Waals surface area (Å²) in [6.45, 7) is 2.67. The van der Waals surface area contributed by atoms with Crippen LogP contribution in [-0.4, -0.2) is 39.0 Å².